The van der Waals surface area contributed by atoms with E-state index in [1.165, 1.54) is 0 Å². The van der Waals surface area contributed by atoms with E-state index in [1.807, 2.05) is 10.8 Å². The van der Waals surface area contributed by atoms with Crippen molar-refractivity contribution in [2.24, 2.45) is 0 Å². The van der Waals surface area contributed by atoms with Crippen LogP contribution in [0, 0.1) is 0 Å². The van der Waals surface area contributed by atoms with E-state index in [9.17, 15) is 13.2 Å². The van der Waals surface area contributed by atoms with Crippen molar-refractivity contribution in [3.63, 3.8) is 0 Å². The first-order valence-corrected chi connectivity index (χ1v) is 5.43. The average Bonchev–Trinajstić information content (AvgIpc) is 2.61. The maximum atomic E-state index is 11.7. The van der Waals surface area contributed by atoms with Gasteiger partial charge in [0.25, 0.3) is 0 Å². The molecule has 0 saturated heterocycles. The average molecular weight is 239 g/mol. The van der Waals surface area contributed by atoms with Gasteiger partial charge < -0.3 is 9.88 Å². The van der Waals surface area contributed by atoms with E-state index >= 15 is 0 Å². The summed E-state index contributed by atoms with van der Waals surface area (Å²) in [6.07, 6.45) is 5.15. The van der Waals surface area contributed by atoms with Crippen molar-refractivity contribution in [2.45, 2.75) is 12.1 Å². The Morgan fingerprint density at radius 1 is 1.33 bits per heavy atom. The van der Waals surface area contributed by atoms with Crippen molar-refractivity contribution in [1.29, 1.82) is 0 Å². The molecule has 3 nitrogen and oxygen atoms in total. The second kappa shape index (κ2) is 6.02. The van der Waals surface area contributed by atoms with Crippen molar-refractivity contribution >= 4 is 11.8 Å². The lowest BCUT2D eigenvalue weighted by Crippen LogP contribution is -2.22. The number of nitrogens with zero attached hydrogens (tertiary/aromatic N) is 2. The summed E-state index contributed by atoms with van der Waals surface area (Å²) in [6, 6.07) is 0. The number of hydrogen-bond donors (Lipinski definition) is 1. The van der Waals surface area contributed by atoms with E-state index < -0.39 is 5.51 Å². The fraction of sp³-hybridized carbons (Fsp3) is 0.625. The van der Waals surface area contributed by atoms with E-state index in [4.69, 9.17) is 0 Å². The molecule has 0 fully saturated rings. The molecule has 0 atom stereocenters. The highest BCUT2D eigenvalue weighted by atomic mass is 32.2. The normalized spacial score (nSPS) is 11.9. The summed E-state index contributed by atoms with van der Waals surface area (Å²) in [4.78, 5) is 3.85. The minimum atomic E-state index is -4.12. The SMILES string of the molecule is FC(F)(F)SCCNCCn1ccnc1. The molecular formula is C8H12F3N3S. The Labute approximate surface area is 90.1 Å². The quantitative estimate of drug-likeness (QED) is 0.767. The van der Waals surface area contributed by atoms with Crippen LogP contribution in [0.2, 0.25) is 0 Å². The van der Waals surface area contributed by atoms with Crippen LogP contribution in [0.1, 0.15) is 0 Å². The van der Waals surface area contributed by atoms with Crippen LogP contribution < -0.4 is 5.32 Å². The van der Waals surface area contributed by atoms with Gasteiger partial charge in [0.15, 0.2) is 0 Å². The van der Waals surface area contributed by atoms with Gasteiger partial charge in [-0.25, -0.2) is 4.98 Å². The number of halogens is 3. The smallest absolute Gasteiger partial charge is 0.336 e. The summed E-state index contributed by atoms with van der Waals surface area (Å²) >= 11 is -0.000163. The monoisotopic (exact) mass is 239 g/mol. The minimum absolute atomic E-state index is 0.000163. The van der Waals surface area contributed by atoms with Gasteiger partial charge in [0.1, 0.15) is 0 Å². The fourth-order valence-electron chi connectivity index (χ4n) is 0.991. The summed E-state index contributed by atoms with van der Waals surface area (Å²) in [5.41, 5.74) is -4.12. The van der Waals surface area contributed by atoms with Crippen LogP contribution in [-0.2, 0) is 6.54 Å². The van der Waals surface area contributed by atoms with Crippen LogP contribution >= 0.6 is 11.8 Å². The molecule has 0 unspecified atom stereocenters. The number of rotatable bonds is 6. The summed E-state index contributed by atoms with van der Waals surface area (Å²) in [6.45, 7) is 1.73. The molecule has 1 rings (SSSR count). The summed E-state index contributed by atoms with van der Waals surface area (Å²) in [7, 11) is 0. The first-order valence-electron chi connectivity index (χ1n) is 4.45. The van der Waals surface area contributed by atoms with Gasteiger partial charge >= 0.3 is 5.51 Å². The third-order valence-corrected chi connectivity index (χ3v) is 2.39. The molecule has 1 aromatic rings. The van der Waals surface area contributed by atoms with Crippen molar-refractivity contribution < 1.29 is 13.2 Å². The maximum Gasteiger partial charge on any atom is 0.441 e. The summed E-state index contributed by atoms with van der Waals surface area (Å²) in [5, 5.41) is 2.93. The van der Waals surface area contributed by atoms with E-state index in [2.05, 4.69) is 10.3 Å². The topological polar surface area (TPSA) is 29.9 Å². The van der Waals surface area contributed by atoms with Gasteiger partial charge in [0.05, 0.1) is 6.33 Å². The highest BCUT2D eigenvalue weighted by Crippen LogP contribution is 2.29. The lowest BCUT2D eigenvalue weighted by Gasteiger charge is -2.07. The Morgan fingerprint density at radius 2 is 2.13 bits per heavy atom. The standard InChI is InChI=1S/C8H12F3N3S/c9-8(10,11)15-6-3-12-1-4-14-5-2-13-7-14/h2,5,7,12H,1,3-4,6H2. The minimum Gasteiger partial charge on any atom is -0.336 e. The van der Waals surface area contributed by atoms with Crippen LogP contribution in [-0.4, -0.2) is 33.9 Å². The molecule has 0 amide bonds. The fourth-order valence-corrected chi connectivity index (χ4v) is 1.47. The van der Waals surface area contributed by atoms with Gasteiger partial charge in [-0.15, -0.1) is 0 Å². The van der Waals surface area contributed by atoms with Crippen LogP contribution in [0.25, 0.3) is 0 Å². The molecule has 0 aliphatic carbocycles. The largest absolute Gasteiger partial charge is 0.441 e. The Bertz CT molecular complexity index is 261. The lowest BCUT2D eigenvalue weighted by atomic mass is 10.6. The zero-order valence-corrected chi connectivity index (χ0v) is 8.81. The number of thioether (sulfide) groups is 1. The van der Waals surface area contributed by atoms with Crippen LogP contribution in [0.4, 0.5) is 13.2 Å². The van der Waals surface area contributed by atoms with Crippen LogP contribution in [0.3, 0.4) is 0 Å². The zero-order chi connectivity index (χ0) is 11.1. The molecule has 0 saturated carbocycles. The van der Waals surface area contributed by atoms with Crippen molar-refractivity contribution in [1.82, 2.24) is 14.9 Å². The number of aromatic nitrogens is 2. The Hall–Kier alpha value is -0.690. The molecule has 0 aromatic carbocycles. The van der Waals surface area contributed by atoms with E-state index in [-0.39, 0.29) is 17.5 Å². The second-order valence-corrected chi connectivity index (χ2v) is 4.00. The number of imidazole rings is 1. The molecule has 0 aliphatic heterocycles. The molecule has 1 heterocycles. The van der Waals surface area contributed by atoms with Crippen molar-refractivity contribution in [3.8, 4) is 0 Å². The van der Waals surface area contributed by atoms with E-state index in [1.54, 1.807) is 12.5 Å². The molecule has 86 valence electrons. The predicted molar refractivity (Wildman–Crippen MR) is 53.6 cm³/mol. The Morgan fingerprint density at radius 3 is 2.73 bits per heavy atom. The zero-order valence-electron chi connectivity index (χ0n) is 8.00. The molecule has 15 heavy (non-hydrogen) atoms. The van der Waals surface area contributed by atoms with Gasteiger partial charge in [-0.1, -0.05) is 0 Å². The third kappa shape index (κ3) is 6.40. The highest BCUT2D eigenvalue weighted by molar-refractivity contribution is 8.00. The molecule has 1 aromatic heterocycles. The summed E-state index contributed by atoms with van der Waals surface area (Å²) < 4.78 is 37.0. The molecular weight excluding hydrogens is 227 g/mol. The van der Waals surface area contributed by atoms with Crippen molar-refractivity contribution in [3.05, 3.63) is 18.7 Å². The predicted octanol–water partition coefficient (Wildman–Crippen LogP) is 1.73. The van der Waals surface area contributed by atoms with Crippen molar-refractivity contribution in [2.75, 3.05) is 18.8 Å². The molecule has 0 aliphatic rings. The first kappa shape index (κ1) is 12.4. The molecule has 0 bridgehead atoms. The van der Waals surface area contributed by atoms with E-state index in [0.717, 1.165) is 6.54 Å². The number of hydrogen-bond acceptors (Lipinski definition) is 3. The molecule has 7 heteroatoms. The lowest BCUT2D eigenvalue weighted by molar-refractivity contribution is -0.0327. The Balaban J connectivity index is 1.94. The second-order valence-electron chi connectivity index (χ2n) is 2.84. The maximum absolute atomic E-state index is 11.7. The van der Waals surface area contributed by atoms with Gasteiger partial charge in [0, 0.05) is 37.8 Å². The highest BCUT2D eigenvalue weighted by Gasteiger charge is 2.27. The van der Waals surface area contributed by atoms with Gasteiger partial charge in [0.2, 0.25) is 0 Å². The number of nitrogens with one attached hydrogen (secondary N) is 1. The molecule has 1 N–H and O–H groups in total. The molecule has 0 radical (unpaired) electrons. The van der Waals surface area contributed by atoms with Gasteiger partial charge in [-0.3, -0.25) is 0 Å². The van der Waals surface area contributed by atoms with Crippen LogP contribution in [0.5, 0.6) is 0 Å². The Kier molecular flexibility index (Phi) is 4.97. The number of alkyl halides is 3. The van der Waals surface area contributed by atoms with Crippen LogP contribution in [0.15, 0.2) is 18.7 Å². The summed E-state index contributed by atoms with van der Waals surface area (Å²) in [5.74, 6) is 0.0490. The van der Waals surface area contributed by atoms with E-state index in [0.29, 0.717) is 13.1 Å². The van der Waals surface area contributed by atoms with Gasteiger partial charge in [-0.2, -0.15) is 13.2 Å². The third-order valence-electron chi connectivity index (χ3n) is 1.65. The first-order chi connectivity index (χ1) is 7.08. The van der Waals surface area contributed by atoms with Gasteiger partial charge in [-0.05, 0) is 11.8 Å². The molecule has 0 spiro atoms.